The van der Waals surface area contributed by atoms with E-state index in [1.165, 1.54) is 30.6 Å². The zero-order chi connectivity index (χ0) is 16.8. The topological polar surface area (TPSA) is 109 Å². The number of nitrogens with one attached hydrogen (secondary N) is 1. The van der Waals surface area contributed by atoms with Crippen molar-refractivity contribution in [3.05, 3.63) is 69.0 Å². The second-order valence-corrected chi connectivity index (χ2v) is 4.73. The largest absolute Gasteiger partial charge is 0.320 e. The molecule has 1 amide bonds. The van der Waals surface area contributed by atoms with Gasteiger partial charge in [-0.25, -0.2) is 0 Å². The van der Waals surface area contributed by atoms with E-state index in [0.29, 0.717) is 5.56 Å². The first-order valence-electron chi connectivity index (χ1n) is 6.28. The van der Waals surface area contributed by atoms with E-state index in [2.05, 4.69) is 10.3 Å². The van der Waals surface area contributed by atoms with E-state index in [1.807, 2.05) is 0 Å². The quantitative estimate of drug-likeness (QED) is 0.401. The smallest absolute Gasteiger partial charge is 0.271 e. The molecule has 0 aliphatic heterocycles. The number of hydrogen-bond donors (Lipinski definition) is 1. The Kier molecular flexibility index (Phi) is 5.02. The fourth-order valence-corrected chi connectivity index (χ4v) is 1.85. The molecule has 0 saturated carbocycles. The van der Waals surface area contributed by atoms with Gasteiger partial charge in [0.2, 0.25) is 0 Å². The fourth-order valence-electron chi connectivity index (χ4n) is 1.69. The minimum atomic E-state index is -0.716. The van der Waals surface area contributed by atoms with Crippen LogP contribution in [0.5, 0.6) is 0 Å². The number of non-ortho nitro benzene ring substituents is 1. The Balaban J connectivity index is 2.27. The van der Waals surface area contributed by atoms with Gasteiger partial charge in [-0.2, -0.15) is 5.26 Å². The van der Waals surface area contributed by atoms with E-state index >= 15 is 0 Å². The van der Waals surface area contributed by atoms with E-state index < -0.39 is 10.8 Å². The first-order chi connectivity index (χ1) is 11.0. The monoisotopic (exact) mass is 328 g/mol. The van der Waals surface area contributed by atoms with Gasteiger partial charge in [0, 0.05) is 24.5 Å². The van der Waals surface area contributed by atoms with Gasteiger partial charge < -0.3 is 5.32 Å². The maximum absolute atomic E-state index is 12.1. The molecule has 1 aromatic heterocycles. The highest BCUT2D eigenvalue weighted by Crippen LogP contribution is 2.27. The number of nitro benzene ring substituents is 1. The summed E-state index contributed by atoms with van der Waals surface area (Å²) >= 11 is 5.91. The number of benzene rings is 1. The van der Waals surface area contributed by atoms with Gasteiger partial charge in [-0.1, -0.05) is 11.6 Å². The van der Waals surface area contributed by atoms with Gasteiger partial charge in [0.15, 0.2) is 0 Å². The maximum Gasteiger partial charge on any atom is 0.271 e. The molecular formula is C15H9ClN4O3. The van der Waals surface area contributed by atoms with Crippen molar-refractivity contribution in [2.75, 3.05) is 5.32 Å². The van der Waals surface area contributed by atoms with Gasteiger partial charge in [0.25, 0.3) is 11.6 Å². The fraction of sp³-hybridized carbons (Fsp3) is 0. The van der Waals surface area contributed by atoms with Gasteiger partial charge >= 0.3 is 0 Å². The Bertz CT molecular complexity index is 828. The number of amides is 1. The highest BCUT2D eigenvalue weighted by atomic mass is 35.5. The number of pyridine rings is 1. The number of anilines is 1. The van der Waals surface area contributed by atoms with Gasteiger partial charge in [-0.05, 0) is 29.8 Å². The molecule has 0 saturated heterocycles. The molecule has 114 valence electrons. The predicted molar refractivity (Wildman–Crippen MR) is 84.6 cm³/mol. The van der Waals surface area contributed by atoms with Crippen LogP contribution in [0.2, 0.25) is 5.02 Å². The van der Waals surface area contributed by atoms with E-state index in [-0.39, 0.29) is 22.0 Å². The summed E-state index contributed by atoms with van der Waals surface area (Å²) in [6, 6.07) is 8.68. The van der Waals surface area contributed by atoms with Gasteiger partial charge in [-0.3, -0.25) is 19.9 Å². The molecule has 0 aliphatic rings. The predicted octanol–water partition coefficient (Wildman–Crippen LogP) is 3.19. The van der Waals surface area contributed by atoms with E-state index in [0.717, 1.165) is 6.07 Å². The average molecular weight is 329 g/mol. The van der Waals surface area contributed by atoms with Crippen LogP contribution in [0.1, 0.15) is 5.56 Å². The van der Waals surface area contributed by atoms with Crippen molar-refractivity contribution < 1.29 is 9.72 Å². The average Bonchev–Trinajstić information content (AvgIpc) is 2.55. The summed E-state index contributed by atoms with van der Waals surface area (Å²) < 4.78 is 0. The van der Waals surface area contributed by atoms with Crippen LogP contribution >= 0.6 is 11.6 Å². The molecule has 1 heterocycles. The third-order valence-electron chi connectivity index (χ3n) is 2.79. The van der Waals surface area contributed by atoms with Crippen molar-refractivity contribution in [3.63, 3.8) is 0 Å². The molecule has 2 rings (SSSR count). The number of rotatable bonds is 4. The Hall–Kier alpha value is -3.24. The summed E-state index contributed by atoms with van der Waals surface area (Å²) in [5.41, 5.74) is 0.290. The van der Waals surface area contributed by atoms with E-state index in [4.69, 9.17) is 16.9 Å². The van der Waals surface area contributed by atoms with Crippen molar-refractivity contribution in [1.29, 1.82) is 5.26 Å². The van der Waals surface area contributed by atoms with Crippen LogP contribution in [0.15, 0.2) is 48.3 Å². The summed E-state index contributed by atoms with van der Waals surface area (Å²) in [5, 5.41) is 22.4. The van der Waals surface area contributed by atoms with Crippen LogP contribution < -0.4 is 5.32 Å². The van der Waals surface area contributed by atoms with Crippen LogP contribution in [-0.4, -0.2) is 15.8 Å². The van der Waals surface area contributed by atoms with Gasteiger partial charge in [0.05, 0.1) is 15.6 Å². The number of nitriles is 1. The lowest BCUT2D eigenvalue weighted by Crippen LogP contribution is -2.14. The van der Waals surface area contributed by atoms with E-state index in [9.17, 15) is 14.9 Å². The number of aromatic nitrogens is 1. The molecule has 0 unspecified atom stereocenters. The standard InChI is InChI=1S/C15H9ClN4O3/c16-13-2-1-12(20(22)23)8-14(13)19-15(21)11(9-17)7-10-3-5-18-6-4-10/h1-8H,(H,19,21)/b11-7+. The Morgan fingerprint density at radius 1 is 1.35 bits per heavy atom. The lowest BCUT2D eigenvalue weighted by Gasteiger charge is -2.06. The maximum atomic E-state index is 12.1. The molecule has 0 radical (unpaired) electrons. The summed E-state index contributed by atoms with van der Waals surface area (Å²) in [4.78, 5) is 26.1. The van der Waals surface area contributed by atoms with E-state index in [1.54, 1.807) is 18.2 Å². The van der Waals surface area contributed by atoms with Crippen LogP contribution in [0.4, 0.5) is 11.4 Å². The summed E-state index contributed by atoms with van der Waals surface area (Å²) in [7, 11) is 0. The Morgan fingerprint density at radius 3 is 2.65 bits per heavy atom. The minimum absolute atomic E-state index is 0.0572. The second kappa shape index (κ2) is 7.15. The highest BCUT2D eigenvalue weighted by Gasteiger charge is 2.15. The van der Waals surface area contributed by atoms with Crippen LogP contribution in [-0.2, 0) is 4.79 Å². The first kappa shape index (κ1) is 16.1. The third kappa shape index (κ3) is 4.12. The molecule has 1 N–H and O–H groups in total. The molecule has 0 atom stereocenters. The molecule has 23 heavy (non-hydrogen) atoms. The van der Waals surface area contributed by atoms with Crippen LogP contribution in [0.25, 0.3) is 6.08 Å². The number of carbonyl (C=O) groups excluding carboxylic acids is 1. The van der Waals surface area contributed by atoms with Crippen molar-refractivity contribution in [1.82, 2.24) is 4.98 Å². The highest BCUT2D eigenvalue weighted by molar-refractivity contribution is 6.34. The van der Waals surface area contributed by atoms with Crippen LogP contribution in [0.3, 0.4) is 0 Å². The van der Waals surface area contributed by atoms with Gasteiger partial charge in [-0.15, -0.1) is 0 Å². The first-order valence-corrected chi connectivity index (χ1v) is 6.66. The number of nitro groups is 1. The summed E-state index contributed by atoms with van der Waals surface area (Å²) in [5.74, 6) is -0.716. The normalized spacial score (nSPS) is 10.7. The second-order valence-electron chi connectivity index (χ2n) is 4.33. The van der Waals surface area contributed by atoms with Crippen molar-refractivity contribution >= 4 is 35.0 Å². The minimum Gasteiger partial charge on any atom is -0.320 e. The lowest BCUT2D eigenvalue weighted by molar-refractivity contribution is -0.384. The molecule has 8 heteroatoms. The molecule has 0 bridgehead atoms. The van der Waals surface area contributed by atoms with Crippen molar-refractivity contribution in [3.8, 4) is 6.07 Å². The van der Waals surface area contributed by atoms with Crippen molar-refractivity contribution in [2.24, 2.45) is 0 Å². The lowest BCUT2D eigenvalue weighted by atomic mass is 10.1. The summed E-state index contributed by atoms with van der Waals surface area (Å²) in [6.45, 7) is 0. The summed E-state index contributed by atoms with van der Waals surface area (Å²) in [6.07, 6.45) is 4.43. The molecule has 0 spiro atoms. The number of halogens is 1. The molecule has 0 fully saturated rings. The third-order valence-corrected chi connectivity index (χ3v) is 3.12. The SMILES string of the molecule is N#C/C(=C\c1ccncc1)C(=O)Nc1cc([N+](=O)[O-])ccc1Cl. The molecular weight excluding hydrogens is 320 g/mol. The number of hydrogen-bond acceptors (Lipinski definition) is 5. The number of nitrogens with zero attached hydrogens (tertiary/aromatic N) is 3. The number of carbonyl (C=O) groups is 1. The molecule has 1 aromatic carbocycles. The zero-order valence-corrected chi connectivity index (χ0v) is 12.3. The molecule has 0 aliphatic carbocycles. The van der Waals surface area contributed by atoms with Crippen LogP contribution in [0, 0.1) is 21.4 Å². The Labute approximate surface area is 136 Å². The molecule has 2 aromatic rings. The molecule has 7 nitrogen and oxygen atoms in total. The zero-order valence-electron chi connectivity index (χ0n) is 11.6. The van der Waals surface area contributed by atoms with Crippen molar-refractivity contribution in [2.45, 2.75) is 0 Å². The Morgan fingerprint density at radius 2 is 2.04 bits per heavy atom. The van der Waals surface area contributed by atoms with Gasteiger partial charge in [0.1, 0.15) is 11.6 Å².